The summed E-state index contributed by atoms with van der Waals surface area (Å²) in [5.74, 6) is -0.202. The highest BCUT2D eigenvalue weighted by Crippen LogP contribution is 2.38. The summed E-state index contributed by atoms with van der Waals surface area (Å²) >= 11 is 0. The number of amides is 1. The third-order valence-electron chi connectivity index (χ3n) is 10.3. The largest absolute Gasteiger partial charge is 0.756 e. The Balaban J connectivity index is 4.32. The Bertz CT molecular complexity index is 1010. The molecule has 0 aliphatic rings. The number of carbonyl (C=O) groups is 1. The number of hydrogen-bond acceptors (Lipinski definition) is 6. The number of carbonyl (C=O) groups excluding carboxylic acids is 1. The van der Waals surface area contributed by atoms with Crippen LogP contribution in [0.1, 0.15) is 206 Å². The molecule has 0 bridgehead atoms. The Morgan fingerprint density at radius 1 is 0.607 bits per heavy atom. The third kappa shape index (κ3) is 40.9. The lowest BCUT2D eigenvalue weighted by Crippen LogP contribution is -2.45. The molecule has 3 atom stereocenters. The van der Waals surface area contributed by atoms with Crippen molar-refractivity contribution in [2.24, 2.45) is 0 Å². The molecule has 0 aromatic rings. The van der Waals surface area contributed by atoms with E-state index < -0.39 is 20.0 Å². The van der Waals surface area contributed by atoms with Crippen molar-refractivity contribution in [1.29, 1.82) is 0 Å². The molecule has 0 aromatic carbocycles. The zero-order chi connectivity index (χ0) is 41.4. The second kappa shape index (κ2) is 39.2. The van der Waals surface area contributed by atoms with Crippen LogP contribution in [0.2, 0.25) is 0 Å². The third-order valence-corrected chi connectivity index (χ3v) is 11.3. The second-order valence-electron chi connectivity index (χ2n) is 17.1. The molecule has 0 rings (SSSR count). The molecule has 56 heavy (non-hydrogen) atoms. The van der Waals surface area contributed by atoms with Crippen LogP contribution in [0.5, 0.6) is 0 Å². The molecule has 330 valence electrons. The van der Waals surface area contributed by atoms with Gasteiger partial charge in [-0.05, 0) is 64.2 Å². The minimum Gasteiger partial charge on any atom is -0.756 e. The van der Waals surface area contributed by atoms with Crippen LogP contribution in [-0.2, 0) is 18.4 Å². The van der Waals surface area contributed by atoms with Crippen LogP contribution in [0.4, 0.5) is 0 Å². The molecule has 0 heterocycles. The van der Waals surface area contributed by atoms with Crippen molar-refractivity contribution in [3.63, 3.8) is 0 Å². The van der Waals surface area contributed by atoms with Gasteiger partial charge in [-0.15, -0.1) is 0 Å². The summed E-state index contributed by atoms with van der Waals surface area (Å²) in [6.45, 7) is 4.58. The fraction of sp³-hybridized carbons (Fsp3) is 0.851. The highest BCUT2D eigenvalue weighted by atomic mass is 31.2. The normalized spacial score (nSPS) is 14.6. The van der Waals surface area contributed by atoms with Crippen molar-refractivity contribution in [3.05, 3.63) is 36.5 Å². The summed E-state index contributed by atoms with van der Waals surface area (Å²) in [5.41, 5.74) is 0. The van der Waals surface area contributed by atoms with Gasteiger partial charge in [0.05, 0.1) is 39.9 Å². The number of nitrogens with zero attached hydrogens (tertiary/aromatic N) is 1. The topological polar surface area (TPSA) is 108 Å². The van der Waals surface area contributed by atoms with Crippen LogP contribution in [0, 0.1) is 0 Å². The van der Waals surface area contributed by atoms with Gasteiger partial charge in [0, 0.05) is 6.42 Å². The molecular weight excluding hydrogens is 719 g/mol. The van der Waals surface area contributed by atoms with Crippen LogP contribution in [0.3, 0.4) is 0 Å². The monoisotopic (exact) mass is 811 g/mol. The van der Waals surface area contributed by atoms with Gasteiger partial charge in [-0.3, -0.25) is 9.36 Å². The van der Waals surface area contributed by atoms with Gasteiger partial charge in [-0.25, -0.2) is 0 Å². The number of allylic oxidation sites excluding steroid dienone is 5. The van der Waals surface area contributed by atoms with E-state index >= 15 is 0 Å². The van der Waals surface area contributed by atoms with Gasteiger partial charge in [0.2, 0.25) is 5.91 Å². The lowest BCUT2D eigenvalue weighted by Gasteiger charge is -2.29. The number of phosphoric ester groups is 1. The van der Waals surface area contributed by atoms with Gasteiger partial charge >= 0.3 is 0 Å². The molecule has 0 spiro atoms. The average Bonchev–Trinajstić information content (AvgIpc) is 3.15. The lowest BCUT2D eigenvalue weighted by molar-refractivity contribution is -0.870. The number of rotatable bonds is 42. The first-order valence-corrected chi connectivity index (χ1v) is 24.8. The summed E-state index contributed by atoms with van der Waals surface area (Å²) in [6.07, 6.45) is 47.6. The van der Waals surface area contributed by atoms with Crippen molar-refractivity contribution >= 4 is 13.7 Å². The number of nitrogens with one attached hydrogen (secondary N) is 1. The number of aliphatic hydroxyl groups excluding tert-OH is 1. The van der Waals surface area contributed by atoms with Gasteiger partial charge in [-0.2, -0.15) is 0 Å². The number of aliphatic hydroxyl groups is 1. The SMILES string of the molecule is CCC/C=C\CCCCCCCC/C=C/[C@@H](O)[C@H](COP(=O)([O-])OCC[N+](C)(C)C)NC(=O)CCCCCCCCCCCCC/C=C\CCCCCCCC. The first-order chi connectivity index (χ1) is 27.0. The first-order valence-electron chi connectivity index (χ1n) is 23.4. The summed E-state index contributed by atoms with van der Waals surface area (Å²) < 4.78 is 23.2. The van der Waals surface area contributed by atoms with Crippen LogP contribution in [-0.4, -0.2) is 68.5 Å². The van der Waals surface area contributed by atoms with E-state index in [2.05, 4.69) is 43.5 Å². The van der Waals surface area contributed by atoms with Gasteiger partial charge in [-0.1, -0.05) is 172 Å². The second-order valence-corrected chi connectivity index (χ2v) is 18.5. The van der Waals surface area contributed by atoms with E-state index in [4.69, 9.17) is 9.05 Å². The molecule has 0 saturated carbocycles. The smallest absolute Gasteiger partial charge is 0.268 e. The Hall–Kier alpha value is -1.28. The van der Waals surface area contributed by atoms with Gasteiger partial charge in [0.25, 0.3) is 7.82 Å². The van der Waals surface area contributed by atoms with Crippen molar-refractivity contribution in [3.8, 4) is 0 Å². The van der Waals surface area contributed by atoms with E-state index in [1.54, 1.807) is 6.08 Å². The Morgan fingerprint density at radius 2 is 1.02 bits per heavy atom. The Kier molecular flexibility index (Phi) is 38.3. The van der Waals surface area contributed by atoms with E-state index in [0.29, 0.717) is 17.4 Å². The molecule has 2 N–H and O–H groups in total. The highest BCUT2D eigenvalue weighted by Gasteiger charge is 2.23. The zero-order valence-electron chi connectivity index (χ0n) is 37.3. The Labute approximate surface area is 347 Å². The number of quaternary nitrogens is 1. The molecule has 0 fully saturated rings. The van der Waals surface area contributed by atoms with E-state index in [1.807, 2.05) is 27.2 Å². The first kappa shape index (κ1) is 54.7. The predicted octanol–water partition coefficient (Wildman–Crippen LogP) is 12.5. The van der Waals surface area contributed by atoms with Crippen molar-refractivity contribution < 1.29 is 32.9 Å². The standard InChI is InChI=1S/C47H91N2O6P/c1-6-8-10-12-14-16-18-20-21-22-23-24-25-26-27-29-31-33-35-37-39-41-47(51)48-45(44-55-56(52,53)54-43-42-49(3,4)5)46(50)40-38-36-34-32-30-28-19-17-15-13-11-9-7-2/h11,13,20-21,38,40,45-46,50H,6-10,12,14-19,22-37,39,41-44H2,1-5H3,(H-,48,51,52,53)/b13-11-,21-20-,40-38+/t45-,46+/m0/s1. The van der Waals surface area contributed by atoms with E-state index in [-0.39, 0.29) is 19.1 Å². The Morgan fingerprint density at radius 3 is 1.46 bits per heavy atom. The summed E-state index contributed by atoms with van der Waals surface area (Å²) in [5, 5.41) is 13.8. The van der Waals surface area contributed by atoms with Crippen LogP contribution < -0.4 is 10.2 Å². The van der Waals surface area contributed by atoms with Crippen LogP contribution in [0.25, 0.3) is 0 Å². The van der Waals surface area contributed by atoms with E-state index in [0.717, 1.165) is 38.5 Å². The van der Waals surface area contributed by atoms with E-state index in [1.165, 1.54) is 148 Å². The average molecular weight is 811 g/mol. The van der Waals surface area contributed by atoms with Crippen molar-refractivity contribution in [1.82, 2.24) is 5.32 Å². The molecular formula is C47H91N2O6P. The number of phosphoric acid groups is 1. The van der Waals surface area contributed by atoms with Gasteiger partial charge in [0.15, 0.2) is 0 Å². The van der Waals surface area contributed by atoms with Crippen LogP contribution in [0.15, 0.2) is 36.5 Å². The molecule has 0 saturated heterocycles. The molecule has 0 radical (unpaired) electrons. The zero-order valence-corrected chi connectivity index (χ0v) is 38.2. The highest BCUT2D eigenvalue weighted by molar-refractivity contribution is 7.45. The molecule has 1 amide bonds. The fourth-order valence-corrected chi connectivity index (χ4v) is 7.28. The predicted molar refractivity (Wildman–Crippen MR) is 238 cm³/mol. The molecule has 0 aliphatic heterocycles. The molecule has 1 unspecified atom stereocenters. The van der Waals surface area contributed by atoms with Gasteiger partial charge < -0.3 is 28.8 Å². The lowest BCUT2D eigenvalue weighted by atomic mass is 10.0. The maximum Gasteiger partial charge on any atom is 0.268 e. The number of hydrogen-bond donors (Lipinski definition) is 2. The summed E-state index contributed by atoms with van der Waals surface area (Å²) in [7, 11) is 1.25. The summed E-state index contributed by atoms with van der Waals surface area (Å²) in [4.78, 5) is 25.3. The van der Waals surface area contributed by atoms with Gasteiger partial charge in [0.1, 0.15) is 13.2 Å². The van der Waals surface area contributed by atoms with Crippen LogP contribution >= 0.6 is 7.82 Å². The van der Waals surface area contributed by atoms with Crippen molar-refractivity contribution in [2.45, 2.75) is 219 Å². The molecule has 0 aliphatic carbocycles. The molecule has 9 heteroatoms. The minimum atomic E-state index is -4.59. The quantitative estimate of drug-likeness (QED) is 0.0275. The number of likely N-dealkylation sites (N-methyl/N-ethyl adjacent to an activating group) is 1. The van der Waals surface area contributed by atoms with Crippen molar-refractivity contribution in [2.75, 3.05) is 40.9 Å². The maximum atomic E-state index is 12.9. The number of unbranched alkanes of at least 4 members (excludes halogenated alkanes) is 25. The fourth-order valence-electron chi connectivity index (χ4n) is 6.56. The maximum absolute atomic E-state index is 12.9. The summed E-state index contributed by atoms with van der Waals surface area (Å²) in [6, 6.07) is -0.888. The minimum absolute atomic E-state index is 0.00273. The molecule has 8 nitrogen and oxygen atoms in total. The molecule has 0 aromatic heterocycles. The van der Waals surface area contributed by atoms with E-state index in [9.17, 15) is 19.4 Å².